The molecule has 0 radical (unpaired) electrons. The van der Waals surface area contributed by atoms with E-state index in [2.05, 4.69) is 4.98 Å². The molecule has 2 aromatic carbocycles. The summed E-state index contributed by atoms with van der Waals surface area (Å²) in [6, 6.07) is 17.8. The van der Waals surface area contributed by atoms with E-state index in [1.807, 2.05) is 61.6 Å². The lowest BCUT2D eigenvalue weighted by Crippen LogP contribution is -2.26. The van der Waals surface area contributed by atoms with Gasteiger partial charge in [-0.2, -0.15) is 0 Å². The molecule has 4 nitrogen and oxygen atoms in total. The molecule has 0 spiro atoms. The topological polar surface area (TPSA) is 53.2 Å². The summed E-state index contributed by atoms with van der Waals surface area (Å²) in [5.74, 6) is 0.112. The van der Waals surface area contributed by atoms with Gasteiger partial charge in [-0.05, 0) is 42.0 Å². The van der Waals surface area contributed by atoms with Gasteiger partial charge < -0.3 is 9.88 Å². The van der Waals surface area contributed by atoms with Crippen molar-refractivity contribution in [2.24, 2.45) is 0 Å². The Morgan fingerprint density at radius 2 is 1.80 bits per heavy atom. The number of fused-ring (bicyclic) bond motifs is 1. The molecule has 0 saturated carbocycles. The van der Waals surface area contributed by atoms with Crippen molar-refractivity contribution in [2.75, 3.05) is 7.05 Å². The molecule has 3 aromatic rings. The first-order chi connectivity index (χ1) is 12.0. The Morgan fingerprint density at radius 3 is 2.56 bits per heavy atom. The van der Waals surface area contributed by atoms with Crippen molar-refractivity contribution in [1.29, 1.82) is 0 Å². The van der Waals surface area contributed by atoms with E-state index < -0.39 is 0 Å². The van der Waals surface area contributed by atoms with E-state index in [1.54, 1.807) is 11.8 Å². The third kappa shape index (κ3) is 4.15. The van der Waals surface area contributed by atoms with Gasteiger partial charge in [-0.15, -0.1) is 0 Å². The van der Waals surface area contributed by atoms with Gasteiger partial charge in [0.1, 0.15) is 0 Å². The summed E-state index contributed by atoms with van der Waals surface area (Å²) < 4.78 is 0. The predicted octanol–water partition coefficient (Wildman–Crippen LogP) is 3.43. The van der Waals surface area contributed by atoms with E-state index in [0.29, 0.717) is 24.9 Å². The van der Waals surface area contributed by atoms with Gasteiger partial charge in [-0.1, -0.05) is 42.5 Å². The molecule has 0 aliphatic carbocycles. The average Bonchev–Trinajstić information content (AvgIpc) is 2.61. The Bertz CT molecular complexity index is 945. The van der Waals surface area contributed by atoms with Crippen LogP contribution in [0, 0.1) is 6.92 Å². The number of pyridine rings is 1. The second-order valence-electron chi connectivity index (χ2n) is 6.44. The highest BCUT2D eigenvalue weighted by molar-refractivity contribution is 5.80. The first-order valence-corrected chi connectivity index (χ1v) is 8.43. The van der Waals surface area contributed by atoms with Crippen molar-refractivity contribution >= 4 is 16.8 Å². The van der Waals surface area contributed by atoms with Crippen molar-refractivity contribution in [3.05, 3.63) is 81.6 Å². The minimum atomic E-state index is -0.0664. The maximum absolute atomic E-state index is 12.4. The zero-order valence-electron chi connectivity index (χ0n) is 14.6. The fraction of sp³-hybridized carbons (Fsp3) is 0.238. The highest BCUT2D eigenvalue weighted by atomic mass is 16.2. The zero-order chi connectivity index (χ0) is 17.8. The number of nitrogens with one attached hydrogen (secondary N) is 1. The first-order valence-electron chi connectivity index (χ1n) is 8.43. The van der Waals surface area contributed by atoms with E-state index in [1.165, 1.54) is 0 Å². The number of amides is 1. The number of rotatable bonds is 5. The average molecular weight is 334 g/mol. The van der Waals surface area contributed by atoms with Crippen molar-refractivity contribution in [3.63, 3.8) is 0 Å². The van der Waals surface area contributed by atoms with E-state index in [4.69, 9.17) is 0 Å². The summed E-state index contributed by atoms with van der Waals surface area (Å²) in [4.78, 5) is 28.8. The van der Waals surface area contributed by atoms with Crippen molar-refractivity contribution in [3.8, 4) is 0 Å². The number of carbonyl (C=O) groups excluding carboxylic acids is 1. The summed E-state index contributed by atoms with van der Waals surface area (Å²) in [5, 5.41) is 1.01. The van der Waals surface area contributed by atoms with Gasteiger partial charge in [0.15, 0.2) is 0 Å². The monoisotopic (exact) mass is 334 g/mol. The van der Waals surface area contributed by atoms with Gasteiger partial charge in [0.25, 0.3) is 5.56 Å². The standard InChI is InChI=1S/C21H22N2O2/c1-15-12-18-10-8-16(13-19(18)22-21(15)25)9-11-20(24)23(2)14-17-6-4-3-5-7-17/h3-8,10,12-13H,9,11,14H2,1-2H3,(H,22,25). The molecule has 4 heteroatoms. The Balaban J connectivity index is 1.64. The van der Waals surface area contributed by atoms with E-state index in [9.17, 15) is 9.59 Å². The molecule has 0 aliphatic heterocycles. The normalized spacial score (nSPS) is 10.8. The molecule has 0 saturated heterocycles. The smallest absolute Gasteiger partial charge is 0.251 e. The summed E-state index contributed by atoms with van der Waals surface area (Å²) >= 11 is 0. The third-order valence-corrected chi connectivity index (χ3v) is 4.41. The molecular weight excluding hydrogens is 312 g/mol. The van der Waals surface area contributed by atoms with Crippen LogP contribution in [0.25, 0.3) is 10.9 Å². The highest BCUT2D eigenvalue weighted by Crippen LogP contribution is 2.15. The molecular formula is C21H22N2O2. The molecule has 1 aromatic heterocycles. The Labute approximate surface area is 147 Å². The van der Waals surface area contributed by atoms with Gasteiger partial charge in [-0.25, -0.2) is 0 Å². The van der Waals surface area contributed by atoms with Crippen LogP contribution < -0.4 is 5.56 Å². The number of H-pyrrole nitrogens is 1. The molecule has 0 fully saturated rings. The van der Waals surface area contributed by atoms with Crippen molar-refractivity contribution in [2.45, 2.75) is 26.3 Å². The van der Waals surface area contributed by atoms with Crippen LogP contribution >= 0.6 is 0 Å². The minimum absolute atomic E-state index is 0.0664. The molecule has 0 bridgehead atoms. The molecule has 1 heterocycles. The summed E-state index contributed by atoms with van der Waals surface area (Å²) in [6.45, 7) is 2.41. The van der Waals surface area contributed by atoms with Crippen LogP contribution in [0.15, 0.2) is 59.4 Å². The largest absolute Gasteiger partial charge is 0.341 e. The number of benzene rings is 2. The fourth-order valence-corrected chi connectivity index (χ4v) is 2.90. The molecule has 0 atom stereocenters. The van der Waals surface area contributed by atoms with Gasteiger partial charge >= 0.3 is 0 Å². The minimum Gasteiger partial charge on any atom is -0.341 e. The van der Waals surface area contributed by atoms with Crippen LogP contribution in [-0.2, 0) is 17.8 Å². The van der Waals surface area contributed by atoms with Crippen LogP contribution in [0.5, 0.6) is 0 Å². The number of aryl methyl sites for hydroxylation is 2. The molecule has 1 amide bonds. The molecule has 128 valence electrons. The summed E-state index contributed by atoms with van der Waals surface area (Å²) in [5.41, 5.74) is 3.63. The zero-order valence-corrected chi connectivity index (χ0v) is 14.6. The maximum atomic E-state index is 12.4. The molecule has 0 unspecified atom stereocenters. The lowest BCUT2D eigenvalue weighted by atomic mass is 10.1. The predicted molar refractivity (Wildman–Crippen MR) is 101 cm³/mol. The summed E-state index contributed by atoms with van der Waals surface area (Å²) in [7, 11) is 1.83. The van der Waals surface area contributed by atoms with Gasteiger partial charge in [0, 0.05) is 31.1 Å². The molecule has 0 aliphatic rings. The van der Waals surface area contributed by atoms with Crippen LogP contribution in [0.3, 0.4) is 0 Å². The fourth-order valence-electron chi connectivity index (χ4n) is 2.90. The Morgan fingerprint density at radius 1 is 1.04 bits per heavy atom. The first kappa shape index (κ1) is 17.0. The quantitative estimate of drug-likeness (QED) is 0.777. The number of hydrogen-bond acceptors (Lipinski definition) is 2. The highest BCUT2D eigenvalue weighted by Gasteiger charge is 2.10. The van der Waals surface area contributed by atoms with E-state index in [0.717, 1.165) is 22.0 Å². The summed E-state index contributed by atoms with van der Waals surface area (Å²) in [6.07, 6.45) is 1.11. The number of aromatic amines is 1. The Kier molecular flexibility index (Phi) is 4.98. The SMILES string of the molecule is Cc1cc2ccc(CCC(=O)N(C)Cc3ccccc3)cc2[nH]c1=O. The lowest BCUT2D eigenvalue weighted by Gasteiger charge is -2.17. The third-order valence-electron chi connectivity index (χ3n) is 4.41. The van der Waals surface area contributed by atoms with Gasteiger partial charge in [0.2, 0.25) is 5.91 Å². The van der Waals surface area contributed by atoms with Crippen molar-refractivity contribution in [1.82, 2.24) is 9.88 Å². The van der Waals surface area contributed by atoms with Gasteiger partial charge in [0.05, 0.1) is 0 Å². The Hall–Kier alpha value is -2.88. The number of hydrogen-bond donors (Lipinski definition) is 1. The van der Waals surface area contributed by atoms with Crippen LogP contribution in [0.2, 0.25) is 0 Å². The van der Waals surface area contributed by atoms with E-state index in [-0.39, 0.29) is 11.5 Å². The van der Waals surface area contributed by atoms with Gasteiger partial charge in [-0.3, -0.25) is 9.59 Å². The second-order valence-corrected chi connectivity index (χ2v) is 6.44. The lowest BCUT2D eigenvalue weighted by molar-refractivity contribution is -0.130. The van der Waals surface area contributed by atoms with E-state index >= 15 is 0 Å². The number of aromatic nitrogens is 1. The number of nitrogens with zero attached hydrogens (tertiary/aromatic N) is 1. The molecule has 25 heavy (non-hydrogen) atoms. The van der Waals surface area contributed by atoms with Crippen LogP contribution in [-0.4, -0.2) is 22.8 Å². The molecule has 3 rings (SSSR count). The molecule has 1 N–H and O–H groups in total. The van der Waals surface area contributed by atoms with Crippen molar-refractivity contribution < 1.29 is 4.79 Å². The number of carbonyl (C=O) groups is 1. The second kappa shape index (κ2) is 7.34. The van der Waals surface area contributed by atoms with Crippen LogP contribution in [0.1, 0.15) is 23.1 Å². The maximum Gasteiger partial charge on any atom is 0.251 e. The van der Waals surface area contributed by atoms with Crippen LogP contribution in [0.4, 0.5) is 0 Å².